The van der Waals surface area contributed by atoms with Gasteiger partial charge in [-0.2, -0.15) is 0 Å². The van der Waals surface area contributed by atoms with Gasteiger partial charge in [-0.25, -0.2) is 0 Å². The topological polar surface area (TPSA) is 55.2 Å². The van der Waals surface area contributed by atoms with Crippen molar-refractivity contribution in [3.05, 3.63) is 27.1 Å². The van der Waals surface area contributed by atoms with Crippen molar-refractivity contribution in [2.75, 3.05) is 0 Å². The van der Waals surface area contributed by atoms with Crippen molar-refractivity contribution in [2.45, 2.75) is 51.6 Å². The average Bonchev–Trinajstić information content (AvgIpc) is 2.72. The summed E-state index contributed by atoms with van der Waals surface area (Å²) in [5, 5.41) is 14.4. The van der Waals surface area contributed by atoms with E-state index in [2.05, 4.69) is 12.2 Å². The van der Waals surface area contributed by atoms with Gasteiger partial charge >= 0.3 is 5.00 Å². The van der Waals surface area contributed by atoms with E-state index < -0.39 is 0 Å². The predicted molar refractivity (Wildman–Crippen MR) is 73.9 cm³/mol. The zero-order valence-electron chi connectivity index (χ0n) is 10.7. The Balaban J connectivity index is 1.81. The largest absolute Gasteiger partial charge is 0.324 e. The first kappa shape index (κ1) is 13.5. The highest BCUT2D eigenvalue weighted by molar-refractivity contribution is 7.15. The molecule has 2 unspecified atom stereocenters. The molecule has 1 aromatic rings. The molecule has 1 fully saturated rings. The normalized spacial score (nSPS) is 24.7. The average molecular weight is 268 g/mol. The number of hydrogen-bond donors (Lipinski definition) is 1. The lowest BCUT2D eigenvalue weighted by Gasteiger charge is -2.15. The second-order valence-corrected chi connectivity index (χ2v) is 6.34. The van der Waals surface area contributed by atoms with Crippen LogP contribution in [0.15, 0.2) is 12.1 Å². The van der Waals surface area contributed by atoms with Crippen molar-refractivity contribution in [2.24, 2.45) is 5.92 Å². The molecule has 4 nitrogen and oxygen atoms in total. The molecule has 2 atom stereocenters. The molecule has 0 spiro atoms. The number of rotatable bonds is 4. The highest BCUT2D eigenvalue weighted by Gasteiger charge is 2.16. The van der Waals surface area contributed by atoms with Crippen LogP contribution in [0.25, 0.3) is 0 Å². The van der Waals surface area contributed by atoms with E-state index >= 15 is 0 Å². The van der Waals surface area contributed by atoms with Gasteiger partial charge in [0.1, 0.15) is 0 Å². The number of nitrogens with one attached hydrogen (secondary N) is 1. The highest BCUT2D eigenvalue weighted by atomic mass is 32.1. The van der Waals surface area contributed by atoms with Crippen LogP contribution in [0.1, 0.15) is 43.9 Å². The van der Waals surface area contributed by atoms with Crippen LogP contribution in [0.2, 0.25) is 0 Å². The summed E-state index contributed by atoms with van der Waals surface area (Å²) in [6.45, 7) is 3.09. The number of hydrogen-bond acceptors (Lipinski definition) is 4. The smallest absolute Gasteiger partial charge is 0.309 e. The van der Waals surface area contributed by atoms with Gasteiger partial charge in [-0.1, -0.05) is 31.1 Å². The van der Waals surface area contributed by atoms with Crippen molar-refractivity contribution < 1.29 is 4.92 Å². The minimum absolute atomic E-state index is 0.237. The molecule has 0 bridgehead atoms. The molecule has 0 aromatic carbocycles. The van der Waals surface area contributed by atoms with Crippen molar-refractivity contribution in [1.29, 1.82) is 0 Å². The monoisotopic (exact) mass is 268 g/mol. The molecule has 100 valence electrons. The molecule has 1 aliphatic carbocycles. The summed E-state index contributed by atoms with van der Waals surface area (Å²) in [6.07, 6.45) is 6.39. The molecule has 2 rings (SSSR count). The Morgan fingerprint density at radius 3 is 2.94 bits per heavy atom. The van der Waals surface area contributed by atoms with Gasteiger partial charge in [0.2, 0.25) is 0 Å². The zero-order chi connectivity index (χ0) is 13.0. The van der Waals surface area contributed by atoms with E-state index in [4.69, 9.17) is 0 Å². The molecule has 0 aliphatic heterocycles. The molecule has 0 saturated heterocycles. The lowest BCUT2D eigenvalue weighted by molar-refractivity contribution is -0.380. The van der Waals surface area contributed by atoms with Gasteiger partial charge in [-0.15, -0.1) is 0 Å². The third-order valence-electron chi connectivity index (χ3n) is 3.65. The molecular weight excluding hydrogens is 248 g/mol. The Bertz CT molecular complexity index is 405. The van der Waals surface area contributed by atoms with Gasteiger partial charge in [-0.3, -0.25) is 10.1 Å². The summed E-state index contributed by atoms with van der Waals surface area (Å²) in [5.74, 6) is 0.847. The van der Waals surface area contributed by atoms with Crippen LogP contribution in [0.3, 0.4) is 0 Å². The molecule has 0 radical (unpaired) electrons. The Kier molecular flexibility index (Phi) is 4.72. The van der Waals surface area contributed by atoms with Gasteiger partial charge in [0.15, 0.2) is 0 Å². The third-order valence-corrected chi connectivity index (χ3v) is 4.69. The van der Waals surface area contributed by atoms with Crippen LogP contribution >= 0.6 is 11.3 Å². The summed E-state index contributed by atoms with van der Waals surface area (Å²) < 4.78 is 0. The maximum Gasteiger partial charge on any atom is 0.324 e. The van der Waals surface area contributed by atoms with E-state index in [-0.39, 0.29) is 9.92 Å². The van der Waals surface area contributed by atoms with E-state index in [0.29, 0.717) is 6.04 Å². The Morgan fingerprint density at radius 2 is 2.22 bits per heavy atom. The van der Waals surface area contributed by atoms with Gasteiger partial charge in [0.25, 0.3) is 0 Å². The quantitative estimate of drug-likeness (QED) is 0.514. The van der Waals surface area contributed by atoms with Crippen LogP contribution in [-0.4, -0.2) is 11.0 Å². The molecule has 18 heavy (non-hydrogen) atoms. The second-order valence-electron chi connectivity index (χ2n) is 5.19. The standard InChI is InChI=1S/C13H20N2O2S/c1-10-3-2-4-11(6-5-10)14-9-12-7-8-13(18-12)15(16)17/h7-8,10-11,14H,2-6,9H2,1H3. The molecule has 1 saturated carbocycles. The molecule has 1 aliphatic rings. The number of nitro groups is 1. The first-order valence-electron chi connectivity index (χ1n) is 6.61. The second kappa shape index (κ2) is 6.29. The fraction of sp³-hybridized carbons (Fsp3) is 0.692. The van der Waals surface area contributed by atoms with E-state index in [9.17, 15) is 10.1 Å². The molecule has 0 amide bonds. The van der Waals surface area contributed by atoms with Gasteiger partial charge in [0.05, 0.1) is 4.92 Å². The third kappa shape index (κ3) is 3.78. The van der Waals surface area contributed by atoms with Gasteiger partial charge < -0.3 is 5.32 Å². The maximum absolute atomic E-state index is 10.6. The number of thiophene rings is 1. The Labute approximate surface area is 112 Å². The van der Waals surface area contributed by atoms with Crippen LogP contribution < -0.4 is 5.32 Å². The molecule has 1 N–H and O–H groups in total. The van der Waals surface area contributed by atoms with E-state index in [1.54, 1.807) is 6.07 Å². The fourth-order valence-electron chi connectivity index (χ4n) is 2.50. The first-order valence-corrected chi connectivity index (χ1v) is 7.43. The van der Waals surface area contributed by atoms with Crippen molar-refractivity contribution in [3.8, 4) is 0 Å². The van der Waals surface area contributed by atoms with Crippen LogP contribution in [-0.2, 0) is 6.54 Å². The Hall–Kier alpha value is -0.940. The molecule has 1 aromatic heterocycles. The number of nitrogens with zero attached hydrogens (tertiary/aromatic N) is 1. The lowest BCUT2D eigenvalue weighted by Crippen LogP contribution is -2.27. The van der Waals surface area contributed by atoms with Gasteiger partial charge in [0, 0.05) is 23.5 Å². The summed E-state index contributed by atoms with van der Waals surface area (Å²) in [5.41, 5.74) is 0. The summed E-state index contributed by atoms with van der Waals surface area (Å²) >= 11 is 1.27. The van der Waals surface area contributed by atoms with E-state index in [1.807, 2.05) is 6.07 Å². The minimum atomic E-state index is -0.318. The zero-order valence-corrected chi connectivity index (χ0v) is 11.5. The fourth-order valence-corrected chi connectivity index (χ4v) is 3.27. The summed E-state index contributed by atoms with van der Waals surface area (Å²) in [7, 11) is 0. The molecular formula is C13H20N2O2S. The van der Waals surface area contributed by atoms with Crippen LogP contribution in [0.5, 0.6) is 0 Å². The lowest BCUT2D eigenvalue weighted by atomic mass is 10.0. The molecule has 5 heteroatoms. The minimum Gasteiger partial charge on any atom is -0.309 e. The van der Waals surface area contributed by atoms with Crippen LogP contribution in [0.4, 0.5) is 5.00 Å². The maximum atomic E-state index is 10.6. The van der Waals surface area contributed by atoms with Crippen molar-refractivity contribution in [3.63, 3.8) is 0 Å². The van der Waals surface area contributed by atoms with E-state index in [0.717, 1.165) is 17.3 Å². The predicted octanol–water partition coefficient (Wildman–Crippen LogP) is 3.71. The first-order chi connectivity index (χ1) is 8.65. The summed E-state index contributed by atoms with van der Waals surface area (Å²) in [6, 6.07) is 4.03. The van der Waals surface area contributed by atoms with E-state index in [1.165, 1.54) is 43.4 Å². The summed E-state index contributed by atoms with van der Waals surface area (Å²) in [4.78, 5) is 11.3. The van der Waals surface area contributed by atoms with Crippen molar-refractivity contribution in [1.82, 2.24) is 5.32 Å². The Morgan fingerprint density at radius 1 is 1.39 bits per heavy atom. The van der Waals surface area contributed by atoms with Crippen molar-refractivity contribution >= 4 is 16.3 Å². The SMILES string of the molecule is CC1CCCC(NCc2ccc([N+](=O)[O-])s2)CC1. The van der Waals surface area contributed by atoms with Crippen LogP contribution in [0, 0.1) is 16.0 Å². The van der Waals surface area contributed by atoms with Gasteiger partial charge in [-0.05, 0) is 31.2 Å². The highest BCUT2D eigenvalue weighted by Crippen LogP contribution is 2.25. The molecule has 1 heterocycles.